The number of rotatable bonds is 9. The second-order valence-electron chi connectivity index (χ2n) is 6.97. The molecular formula is C21H26F3N3O2. The van der Waals surface area contributed by atoms with Gasteiger partial charge in [-0.3, -0.25) is 0 Å². The average molecular weight is 409 g/mol. The zero-order valence-corrected chi connectivity index (χ0v) is 16.7. The number of nitrogens with zero attached hydrogens (tertiary/aromatic N) is 2. The highest BCUT2D eigenvalue weighted by molar-refractivity contribution is 5.74. The van der Waals surface area contributed by atoms with Crippen molar-refractivity contribution in [2.24, 2.45) is 0 Å². The fourth-order valence-corrected chi connectivity index (χ4v) is 2.68. The van der Waals surface area contributed by atoms with E-state index in [2.05, 4.69) is 10.1 Å². The van der Waals surface area contributed by atoms with Gasteiger partial charge in [0.1, 0.15) is 11.6 Å². The summed E-state index contributed by atoms with van der Waals surface area (Å²) in [4.78, 5) is 16.4. The number of ether oxygens (including phenoxy) is 1. The second-order valence-corrected chi connectivity index (χ2v) is 6.97. The highest BCUT2D eigenvalue weighted by atomic mass is 19.3. The summed E-state index contributed by atoms with van der Waals surface area (Å²) in [5.41, 5.74) is 1.58. The van der Waals surface area contributed by atoms with Gasteiger partial charge in [-0.25, -0.2) is 9.18 Å². The topological polar surface area (TPSA) is 44.8 Å². The van der Waals surface area contributed by atoms with E-state index in [-0.39, 0.29) is 23.6 Å². The molecule has 0 heterocycles. The molecule has 1 N–H and O–H groups in total. The van der Waals surface area contributed by atoms with Crippen LogP contribution in [0.5, 0.6) is 5.75 Å². The minimum absolute atomic E-state index is 0.0613. The Morgan fingerprint density at radius 3 is 2.21 bits per heavy atom. The van der Waals surface area contributed by atoms with E-state index in [1.165, 1.54) is 24.3 Å². The number of urea groups is 1. The van der Waals surface area contributed by atoms with Crippen molar-refractivity contribution in [1.82, 2.24) is 15.1 Å². The summed E-state index contributed by atoms with van der Waals surface area (Å²) in [6.45, 7) is 0.429. The van der Waals surface area contributed by atoms with E-state index in [0.717, 1.165) is 11.1 Å². The van der Waals surface area contributed by atoms with Crippen molar-refractivity contribution in [2.45, 2.75) is 26.1 Å². The summed E-state index contributed by atoms with van der Waals surface area (Å²) in [6.07, 6.45) is 0. The molecule has 0 aromatic heterocycles. The molecule has 0 spiro atoms. The van der Waals surface area contributed by atoms with Crippen LogP contribution in [0, 0.1) is 5.82 Å². The predicted molar refractivity (Wildman–Crippen MR) is 105 cm³/mol. The monoisotopic (exact) mass is 409 g/mol. The maximum Gasteiger partial charge on any atom is 0.387 e. The lowest BCUT2D eigenvalue weighted by atomic mass is 10.1. The van der Waals surface area contributed by atoms with Crippen LogP contribution in [0.3, 0.4) is 0 Å². The molecule has 0 saturated heterocycles. The summed E-state index contributed by atoms with van der Waals surface area (Å²) >= 11 is 0. The van der Waals surface area contributed by atoms with Gasteiger partial charge in [0.25, 0.3) is 0 Å². The molecule has 8 heteroatoms. The fourth-order valence-electron chi connectivity index (χ4n) is 2.68. The Morgan fingerprint density at radius 2 is 1.66 bits per heavy atom. The molecule has 0 radical (unpaired) electrons. The zero-order valence-electron chi connectivity index (χ0n) is 16.7. The van der Waals surface area contributed by atoms with Crippen LogP contribution in [0.25, 0.3) is 0 Å². The van der Waals surface area contributed by atoms with E-state index in [0.29, 0.717) is 19.6 Å². The highest BCUT2D eigenvalue weighted by Gasteiger charge is 2.17. The normalized spacial score (nSPS) is 12.1. The number of hydrogen-bond donors (Lipinski definition) is 1. The molecule has 0 aliphatic carbocycles. The second kappa shape index (κ2) is 10.7. The van der Waals surface area contributed by atoms with E-state index in [1.807, 2.05) is 25.9 Å². The molecule has 29 heavy (non-hydrogen) atoms. The SMILES string of the molecule is CC(NC(=O)N(CCN(C)C)Cc1ccc(F)cc1)c1ccc(OC(F)F)cc1. The van der Waals surface area contributed by atoms with Crippen molar-refractivity contribution < 1.29 is 22.7 Å². The summed E-state index contributed by atoms with van der Waals surface area (Å²) in [6, 6.07) is 11.6. The van der Waals surface area contributed by atoms with Gasteiger partial charge in [-0.1, -0.05) is 24.3 Å². The third-order valence-corrected chi connectivity index (χ3v) is 4.34. The van der Waals surface area contributed by atoms with Crippen LogP contribution in [-0.2, 0) is 6.54 Å². The number of carbonyl (C=O) groups excluding carboxylic acids is 1. The molecule has 0 saturated carbocycles. The highest BCUT2D eigenvalue weighted by Crippen LogP contribution is 2.19. The molecule has 2 aromatic rings. The smallest absolute Gasteiger partial charge is 0.387 e. The maximum absolute atomic E-state index is 13.1. The van der Waals surface area contributed by atoms with Gasteiger partial charge in [0.2, 0.25) is 0 Å². The van der Waals surface area contributed by atoms with Crippen LogP contribution in [0.4, 0.5) is 18.0 Å². The van der Waals surface area contributed by atoms with Crippen LogP contribution in [0.1, 0.15) is 24.1 Å². The fraction of sp³-hybridized carbons (Fsp3) is 0.381. The average Bonchev–Trinajstić information content (AvgIpc) is 2.66. The molecular weight excluding hydrogens is 383 g/mol. The van der Waals surface area contributed by atoms with Gasteiger partial charge in [0, 0.05) is 19.6 Å². The summed E-state index contributed by atoms with van der Waals surface area (Å²) in [5, 5.41) is 2.92. The van der Waals surface area contributed by atoms with Crippen LogP contribution in [-0.4, -0.2) is 49.6 Å². The van der Waals surface area contributed by atoms with Gasteiger partial charge in [-0.15, -0.1) is 0 Å². The summed E-state index contributed by atoms with van der Waals surface area (Å²) < 4.78 is 42.0. The van der Waals surface area contributed by atoms with Crippen LogP contribution < -0.4 is 10.1 Å². The molecule has 2 amide bonds. The van der Waals surface area contributed by atoms with Crippen molar-refractivity contribution in [2.75, 3.05) is 27.2 Å². The van der Waals surface area contributed by atoms with E-state index in [1.54, 1.807) is 29.2 Å². The van der Waals surface area contributed by atoms with E-state index < -0.39 is 6.61 Å². The van der Waals surface area contributed by atoms with E-state index in [4.69, 9.17) is 0 Å². The first-order chi connectivity index (χ1) is 13.7. The van der Waals surface area contributed by atoms with Crippen LogP contribution in [0.2, 0.25) is 0 Å². The Hall–Kier alpha value is -2.74. The Labute approximate surface area is 169 Å². The van der Waals surface area contributed by atoms with Crippen molar-refractivity contribution in [1.29, 1.82) is 0 Å². The molecule has 5 nitrogen and oxygen atoms in total. The quantitative estimate of drug-likeness (QED) is 0.673. The Bertz CT molecular complexity index is 768. The van der Waals surface area contributed by atoms with Gasteiger partial charge in [-0.2, -0.15) is 8.78 Å². The molecule has 0 bridgehead atoms. The van der Waals surface area contributed by atoms with Crippen LogP contribution in [0.15, 0.2) is 48.5 Å². The van der Waals surface area contributed by atoms with Crippen molar-refractivity contribution in [3.05, 3.63) is 65.5 Å². The van der Waals surface area contributed by atoms with Gasteiger partial charge >= 0.3 is 12.6 Å². The summed E-state index contributed by atoms with van der Waals surface area (Å²) in [5.74, 6) is -0.267. The first-order valence-corrected chi connectivity index (χ1v) is 9.24. The molecule has 1 unspecified atom stereocenters. The number of nitrogens with one attached hydrogen (secondary N) is 1. The minimum atomic E-state index is -2.88. The molecule has 0 aliphatic heterocycles. The van der Waals surface area contributed by atoms with Crippen molar-refractivity contribution >= 4 is 6.03 Å². The largest absolute Gasteiger partial charge is 0.435 e. The number of alkyl halides is 2. The minimum Gasteiger partial charge on any atom is -0.435 e. The third kappa shape index (κ3) is 7.65. The predicted octanol–water partition coefficient (Wildman–Crippen LogP) is 4.26. The van der Waals surface area contributed by atoms with E-state index in [9.17, 15) is 18.0 Å². The molecule has 0 fully saturated rings. The Morgan fingerprint density at radius 1 is 1.03 bits per heavy atom. The van der Waals surface area contributed by atoms with Gasteiger partial charge in [0.05, 0.1) is 6.04 Å². The first kappa shape index (κ1) is 22.5. The maximum atomic E-state index is 13.1. The van der Waals surface area contributed by atoms with Crippen LogP contribution >= 0.6 is 0 Å². The van der Waals surface area contributed by atoms with E-state index >= 15 is 0 Å². The third-order valence-electron chi connectivity index (χ3n) is 4.34. The van der Waals surface area contributed by atoms with Gasteiger partial charge in [-0.05, 0) is 56.4 Å². The molecule has 158 valence electrons. The van der Waals surface area contributed by atoms with Gasteiger partial charge in [0.15, 0.2) is 0 Å². The molecule has 0 aliphatic rings. The Balaban J connectivity index is 2.03. The first-order valence-electron chi connectivity index (χ1n) is 9.24. The van der Waals surface area contributed by atoms with Crippen molar-refractivity contribution in [3.8, 4) is 5.75 Å². The number of benzene rings is 2. The van der Waals surface area contributed by atoms with Gasteiger partial charge < -0.3 is 19.9 Å². The lowest BCUT2D eigenvalue weighted by Gasteiger charge is -2.27. The Kier molecular flexibility index (Phi) is 8.33. The molecule has 2 rings (SSSR count). The zero-order chi connectivity index (χ0) is 21.4. The standard InChI is InChI=1S/C21H26F3N3O2/c1-15(17-6-10-19(11-7-17)29-20(23)24)25-21(28)27(13-12-26(2)3)14-16-4-8-18(22)9-5-16/h4-11,15,20H,12-14H2,1-3H3,(H,25,28). The van der Waals surface area contributed by atoms with Crippen molar-refractivity contribution in [3.63, 3.8) is 0 Å². The lowest BCUT2D eigenvalue weighted by Crippen LogP contribution is -2.43. The number of likely N-dealkylation sites (N-methyl/N-ethyl adjacent to an activating group) is 1. The number of halogens is 3. The molecule has 2 aromatic carbocycles. The lowest BCUT2D eigenvalue weighted by molar-refractivity contribution is -0.0498. The molecule has 1 atom stereocenters. The number of carbonyl (C=O) groups is 1. The number of hydrogen-bond acceptors (Lipinski definition) is 3. The summed E-state index contributed by atoms with van der Waals surface area (Å²) in [7, 11) is 3.83. The number of amides is 2.